The lowest BCUT2D eigenvalue weighted by molar-refractivity contribution is 0.668. The summed E-state index contributed by atoms with van der Waals surface area (Å²) in [7, 11) is 0. The number of hydrogen-bond donors (Lipinski definition) is 0. The summed E-state index contributed by atoms with van der Waals surface area (Å²) in [5.41, 5.74) is 10.6. The van der Waals surface area contributed by atoms with E-state index in [4.69, 9.17) is 13.8 Å². The molecule has 0 aliphatic heterocycles. The zero-order chi connectivity index (χ0) is 25.1. The minimum atomic E-state index is 0.754. The fraction of sp³-hybridized carbons (Fsp3) is 0. The van der Waals surface area contributed by atoms with Crippen LogP contribution in [0.3, 0.4) is 0 Å². The summed E-state index contributed by atoms with van der Waals surface area (Å²) in [6.45, 7) is 0. The summed E-state index contributed by atoms with van der Waals surface area (Å²) < 4.78 is 12.2. The first-order valence-electron chi connectivity index (χ1n) is 12.3. The van der Waals surface area contributed by atoms with Crippen LogP contribution in [0.25, 0.3) is 77.5 Å². The van der Waals surface area contributed by atoms with Crippen molar-refractivity contribution in [2.75, 3.05) is 0 Å². The minimum Gasteiger partial charge on any atom is -0.454 e. The molecule has 6 heteroatoms. The highest BCUT2D eigenvalue weighted by Crippen LogP contribution is 2.36. The van der Waals surface area contributed by atoms with Crippen LogP contribution in [0.5, 0.6) is 0 Å². The van der Waals surface area contributed by atoms with Crippen molar-refractivity contribution in [2.24, 2.45) is 0 Å². The second-order valence-electron chi connectivity index (χ2n) is 9.23. The van der Waals surface area contributed by atoms with Gasteiger partial charge in [-0.15, -0.1) is 0 Å². The fourth-order valence-electron chi connectivity index (χ4n) is 5.08. The molecular formula is C32H18N4O2. The molecule has 8 rings (SSSR count). The first kappa shape index (κ1) is 20.8. The SMILES string of the molecule is c1ccc2c(c1)oc1cc(-c3cncc(-c4cncc(-c5ccnc6c5oc5ccccc56)c4)c3)cnc12. The fourth-order valence-corrected chi connectivity index (χ4v) is 5.08. The second kappa shape index (κ2) is 8.08. The molecule has 178 valence electrons. The molecule has 0 amide bonds. The smallest absolute Gasteiger partial charge is 0.161 e. The predicted molar refractivity (Wildman–Crippen MR) is 148 cm³/mol. The number of hydrogen-bond acceptors (Lipinski definition) is 6. The number of para-hydroxylation sites is 2. The van der Waals surface area contributed by atoms with E-state index in [0.29, 0.717) is 0 Å². The summed E-state index contributed by atoms with van der Waals surface area (Å²) in [6.07, 6.45) is 11.1. The van der Waals surface area contributed by atoms with Crippen molar-refractivity contribution in [1.29, 1.82) is 0 Å². The van der Waals surface area contributed by atoms with Gasteiger partial charge in [0.1, 0.15) is 22.2 Å². The summed E-state index contributed by atoms with van der Waals surface area (Å²) in [6, 6.07) is 24.1. The average molecular weight is 491 g/mol. The maximum absolute atomic E-state index is 6.20. The first-order valence-corrected chi connectivity index (χ1v) is 12.3. The molecule has 38 heavy (non-hydrogen) atoms. The van der Waals surface area contributed by atoms with E-state index in [-0.39, 0.29) is 0 Å². The number of fused-ring (bicyclic) bond motifs is 6. The maximum atomic E-state index is 6.20. The van der Waals surface area contributed by atoms with Crippen molar-refractivity contribution in [2.45, 2.75) is 0 Å². The molecule has 2 aromatic carbocycles. The molecule has 0 atom stereocenters. The van der Waals surface area contributed by atoms with Crippen molar-refractivity contribution in [3.05, 3.63) is 110 Å². The summed E-state index contributed by atoms with van der Waals surface area (Å²) in [5.74, 6) is 0. The first-order chi connectivity index (χ1) is 18.8. The van der Waals surface area contributed by atoms with E-state index in [1.54, 1.807) is 0 Å². The number of aromatic nitrogens is 4. The van der Waals surface area contributed by atoms with E-state index in [1.165, 1.54) is 0 Å². The summed E-state index contributed by atoms with van der Waals surface area (Å²) in [5, 5.41) is 2.01. The Bertz CT molecular complexity index is 2160. The van der Waals surface area contributed by atoms with Gasteiger partial charge >= 0.3 is 0 Å². The molecule has 0 bridgehead atoms. The van der Waals surface area contributed by atoms with Gasteiger partial charge in [-0.05, 0) is 48.5 Å². The van der Waals surface area contributed by atoms with Crippen molar-refractivity contribution in [3.63, 3.8) is 0 Å². The van der Waals surface area contributed by atoms with Gasteiger partial charge in [0.2, 0.25) is 0 Å². The van der Waals surface area contributed by atoms with Crippen molar-refractivity contribution < 1.29 is 8.83 Å². The zero-order valence-corrected chi connectivity index (χ0v) is 20.0. The highest BCUT2D eigenvalue weighted by molar-refractivity contribution is 6.07. The molecule has 6 nitrogen and oxygen atoms in total. The van der Waals surface area contributed by atoms with Crippen LogP contribution in [0.2, 0.25) is 0 Å². The Morgan fingerprint density at radius 2 is 1.08 bits per heavy atom. The van der Waals surface area contributed by atoms with Crippen molar-refractivity contribution >= 4 is 44.1 Å². The number of furan rings is 2. The van der Waals surface area contributed by atoms with Gasteiger partial charge in [-0.25, -0.2) is 0 Å². The van der Waals surface area contributed by atoms with Crippen molar-refractivity contribution in [1.82, 2.24) is 19.9 Å². The van der Waals surface area contributed by atoms with Gasteiger partial charge in [-0.3, -0.25) is 19.9 Å². The Labute approximate surface area is 216 Å². The lowest BCUT2D eigenvalue weighted by Gasteiger charge is -2.08. The normalized spacial score (nSPS) is 11.7. The van der Waals surface area contributed by atoms with E-state index in [2.05, 4.69) is 27.1 Å². The van der Waals surface area contributed by atoms with Crippen molar-refractivity contribution in [3.8, 4) is 33.4 Å². The third-order valence-electron chi connectivity index (χ3n) is 6.93. The maximum Gasteiger partial charge on any atom is 0.161 e. The quantitative estimate of drug-likeness (QED) is 0.249. The highest BCUT2D eigenvalue weighted by Gasteiger charge is 2.15. The summed E-state index contributed by atoms with van der Waals surface area (Å²) in [4.78, 5) is 18.4. The molecule has 0 unspecified atom stereocenters. The van der Waals surface area contributed by atoms with Gasteiger partial charge in [0.15, 0.2) is 11.2 Å². The molecule has 0 fully saturated rings. The monoisotopic (exact) mass is 490 g/mol. The van der Waals surface area contributed by atoms with E-state index in [1.807, 2.05) is 97.8 Å². The Hall–Kier alpha value is -5.36. The number of rotatable bonds is 3. The van der Waals surface area contributed by atoms with Crippen LogP contribution >= 0.6 is 0 Å². The molecule has 0 aliphatic rings. The molecule has 0 saturated carbocycles. The topological polar surface area (TPSA) is 77.8 Å². The van der Waals surface area contributed by atoms with E-state index in [0.717, 1.165) is 77.5 Å². The standard InChI is InChI=1S/C32H18N4O2/c1-3-7-27-25(5-1)30-29(37-27)13-22(18-36-30)20-11-19(14-33-15-20)21-12-23(17-34-16-21)24-9-10-35-31-26-6-2-4-8-28(26)38-32(24)31/h1-18H. The van der Waals surface area contributed by atoms with Gasteiger partial charge < -0.3 is 8.83 Å². The van der Waals surface area contributed by atoms with Crippen LogP contribution in [-0.4, -0.2) is 19.9 Å². The zero-order valence-electron chi connectivity index (χ0n) is 20.0. The van der Waals surface area contributed by atoms with Gasteiger partial charge in [0.05, 0.1) is 0 Å². The van der Waals surface area contributed by atoms with Crippen LogP contribution < -0.4 is 0 Å². The second-order valence-corrected chi connectivity index (χ2v) is 9.23. The van der Waals surface area contributed by atoms with Gasteiger partial charge in [-0.1, -0.05) is 24.3 Å². The number of pyridine rings is 4. The van der Waals surface area contributed by atoms with E-state index >= 15 is 0 Å². The molecule has 0 radical (unpaired) electrons. The average Bonchev–Trinajstić information content (AvgIpc) is 3.55. The predicted octanol–water partition coefficient (Wildman–Crippen LogP) is 8.07. The van der Waals surface area contributed by atoms with Crippen LogP contribution in [0.1, 0.15) is 0 Å². The molecule has 0 saturated heterocycles. The number of nitrogens with zero attached hydrogens (tertiary/aromatic N) is 4. The van der Waals surface area contributed by atoms with E-state index in [9.17, 15) is 0 Å². The van der Waals surface area contributed by atoms with Gasteiger partial charge in [-0.2, -0.15) is 0 Å². The van der Waals surface area contributed by atoms with E-state index < -0.39 is 0 Å². The molecule has 6 aromatic heterocycles. The van der Waals surface area contributed by atoms with Crippen LogP contribution in [0, 0.1) is 0 Å². The third kappa shape index (κ3) is 3.21. The Morgan fingerprint density at radius 3 is 1.84 bits per heavy atom. The lowest BCUT2D eigenvalue weighted by Crippen LogP contribution is -1.88. The molecular weight excluding hydrogens is 472 g/mol. The Morgan fingerprint density at radius 1 is 0.474 bits per heavy atom. The number of benzene rings is 2. The molecule has 0 N–H and O–H groups in total. The Kier molecular flexibility index (Phi) is 4.42. The largest absolute Gasteiger partial charge is 0.454 e. The van der Waals surface area contributed by atoms with Crippen LogP contribution in [0.15, 0.2) is 119 Å². The van der Waals surface area contributed by atoms with Gasteiger partial charge in [0, 0.05) is 81.3 Å². The molecule has 0 aliphatic carbocycles. The van der Waals surface area contributed by atoms with Crippen LogP contribution in [-0.2, 0) is 0 Å². The third-order valence-corrected chi connectivity index (χ3v) is 6.93. The Balaban J connectivity index is 1.21. The highest BCUT2D eigenvalue weighted by atomic mass is 16.3. The molecule has 6 heterocycles. The lowest BCUT2D eigenvalue weighted by atomic mass is 10.0. The summed E-state index contributed by atoms with van der Waals surface area (Å²) >= 11 is 0. The molecule has 0 spiro atoms. The van der Waals surface area contributed by atoms with Crippen LogP contribution in [0.4, 0.5) is 0 Å². The minimum absolute atomic E-state index is 0.754. The molecule has 8 aromatic rings. The van der Waals surface area contributed by atoms with Gasteiger partial charge in [0.25, 0.3) is 0 Å².